The maximum atomic E-state index is 12.8. The van der Waals surface area contributed by atoms with Gasteiger partial charge in [0.25, 0.3) is 5.56 Å². The standard InChI is InChI=1S/C18H19N5O3/c1-11-4-6-12(7-5-11)23-9-8-14(17(23)25)20-15-13(10-19)16(24)22(3)18(26)21(15)2/h4-7,14,20H,8-9H2,1-3H3. The summed E-state index contributed by atoms with van der Waals surface area (Å²) < 4.78 is 2.06. The Kier molecular flexibility index (Phi) is 4.38. The predicted molar refractivity (Wildman–Crippen MR) is 97.2 cm³/mol. The van der Waals surface area contributed by atoms with Gasteiger partial charge >= 0.3 is 5.69 Å². The molecule has 0 saturated carbocycles. The van der Waals surface area contributed by atoms with Crippen molar-refractivity contribution in [2.24, 2.45) is 14.1 Å². The molecule has 0 aliphatic carbocycles. The van der Waals surface area contributed by atoms with Gasteiger partial charge in [-0.1, -0.05) is 17.7 Å². The number of aryl methyl sites for hydroxylation is 1. The predicted octanol–water partition coefficient (Wildman–Crippen LogP) is 0.481. The van der Waals surface area contributed by atoms with Crippen molar-refractivity contribution < 1.29 is 4.79 Å². The number of benzene rings is 1. The maximum absolute atomic E-state index is 12.8. The fourth-order valence-corrected chi connectivity index (χ4v) is 3.07. The molecular weight excluding hydrogens is 334 g/mol. The van der Waals surface area contributed by atoms with E-state index in [-0.39, 0.29) is 17.3 Å². The van der Waals surface area contributed by atoms with Crippen LogP contribution in [0.1, 0.15) is 17.5 Å². The van der Waals surface area contributed by atoms with Crippen LogP contribution < -0.4 is 21.5 Å². The Balaban J connectivity index is 1.93. The number of nitrogens with one attached hydrogen (secondary N) is 1. The molecular formula is C18H19N5O3. The van der Waals surface area contributed by atoms with Crippen LogP contribution in [0, 0.1) is 18.3 Å². The van der Waals surface area contributed by atoms with Crippen molar-refractivity contribution in [2.75, 3.05) is 16.8 Å². The number of aromatic nitrogens is 2. The van der Waals surface area contributed by atoms with Gasteiger partial charge in [0.2, 0.25) is 5.91 Å². The van der Waals surface area contributed by atoms with E-state index in [1.807, 2.05) is 37.3 Å². The lowest BCUT2D eigenvalue weighted by Gasteiger charge is -2.19. The van der Waals surface area contributed by atoms with Gasteiger partial charge < -0.3 is 10.2 Å². The third kappa shape index (κ3) is 2.77. The quantitative estimate of drug-likeness (QED) is 0.865. The molecule has 0 radical (unpaired) electrons. The number of rotatable bonds is 3. The van der Waals surface area contributed by atoms with Crippen molar-refractivity contribution in [1.29, 1.82) is 5.26 Å². The number of anilines is 2. The minimum absolute atomic E-state index is 0.0738. The molecule has 1 fully saturated rings. The molecule has 8 heteroatoms. The van der Waals surface area contributed by atoms with E-state index in [0.717, 1.165) is 15.8 Å². The number of nitrogens with zero attached hydrogens (tertiary/aromatic N) is 4. The summed E-state index contributed by atoms with van der Waals surface area (Å²) in [5, 5.41) is 12.3. The molecule has 1 aliphatic rings. The molecule has 8 nitrogen and oxygen atoms in total. The van der Waals surface area contributed by atoms with Crippen LogP contribution in [0.5, 0.6) is 0 Å². The van der Waals surface area contributed by atoms with Crippen LogP contribution in [0.15, 0.2) is 33.9 Å². The molecule has 26 heavy (non-hydrogen) atoms. The average Bonchev–Trinajstić information content (AvgIpc) is 2.99. The Bertz CT molecular complexity index is 1030. The zero-order chi connectivity index (χ0) is 19.0. The van der Waals surface area contributed by atoms with Crippen LogP contribution in [0.3, 0.4) is 0 Å². The summed E-state index contributed by atoms with van der Waals surface area (Å²) in [4.78, 5) is 38.7. The van der Waals surface area contributed by atoms with Crippen molar-refractivity contribution in [3.63, 3.8) is 0 Å². The summed E-state index contributed by atoms with van der Waals surface area (Å²) in [6, 6.07) is 8.84. The van der Waals surface area contributed by atoms with Gasteiger partial charge in [0, 0.05) is 26.3 Å². The molecule has 1 amide bonds. The van der Waals surface area contributed by atoms with E-state index >= 15 is 0 Å². The van der Waals surface area contributed by atoms with E-state index in [0.29, 0.717) is 13.0 Å². The molecule has 0 bridgehead atoms. The van der Waals surface area contributed by atoms with Crippen LogP contribution in [-0.4, -0.2) is 27.6 Å². The van der Waals surface area contributed by atoms with E-state index in [1.54, 1.807) is 4.90 Å². The topological polar surface area (TPSA) is 100 Å². The van der Waals surface area contributed by atoms with Gasteiger partial charge in [0.05, 0.1) is 0 Å². The number of hydrogen-bond donors (Lipinski definition) is 1. The minimum Gasteiger partial charge on any atom is -0.358 e. The molecule has 2 heterocycles. The van der Waals surface area contributed by atoms with Gasteiger partial charge in [-0.3, -0.25) is 18.7 Å². The first-order valence-corrected chi connectivity index (χ1v) is 8.20. The first-order chi connectivity index (χ1) is 12.3. The average molecular weight is 353 g/mol. The number of carbonyl (C=O) groups excluding carboxylic acids is 1. The summed E-state index contributed by atoms with van der Waals surface area (Å²) in [7, 11) is 2.78. The molecule has 1 aromatic carbocycles. The highest BCUT2D eigenvalue weighted by Crippen LogP contribution is 2.24. The third-order valence-electron chi connectivity index (χ3n) is 4.64. The molecule has 1 aliphatic heterocycles. The van der Waals surface area contributed by atoms with Crippen LogP contribution >= 0.6 is 0 Å². The van der Waals surface area contributed by atoms with Crippen LogP contribution in [0.25, 0.3) is 0 Å². The molecule has 1 saturated heterocycles. The first-order valence-electron chi connectivity index (χ1n) is 8.20. The Morgan fingerprint density at radius 2 is 1.77 bits per heavy atom. The highest BCUT2D eigenvalue weighted by atomic mass is 16.2. The number of hydrogen-bond acceptors (Lipinski definition) is 5. The summed E-state index contributed by atoms with van der Waals surface area (Å²) >= 11 is 0. The summed E-state index contributed by atoms with van der Waals surface area (Å²) in [5.41, 5.74) is 0.472. The van der Waals surface area contributed by atoms with E-state index in [1.165, 1.54) is 18.7 Å². The second kappa shape index (κ2) is 6.52. The monoisotopic (exact) mass is 353 g/mol. The summed E-state index contributed by atoms with van der Waals surface area (Å²) in [5.74, 6) is -0.0874. The van der Waals surface area contributed by atoms with Crippen LogP contribution in [0.4, 0.5) is 11.5 Å². The summed E-state index contributed by atoms with van der Waals surface area (Å²) in [6.45, 7) is 2.49. The van der Waals surface area contributed by atoms with Crippen molar-refractivity contribution >= 4 is 17.4 Å². The largest absolute Gasteiger partial charge is 0.358 e. The van der Waals surface area contributed by atoms with E-state index < -0.39 is 17.3 Å². The number of carbonyl (C=O) groups is 1. The van der Waals surface area contributed by atoms with Gasteiger partial charge in [0.1, 0.15) is 17.9 Å². The SMILES string of the molecule is Cc1ccc(N2CCC(Nc3c(C#N)c(=O)n(C)c(=O)n3C)C2=O)cc1. The molecule has 0 spiro atoms. The van der Waals surface area contributed by atoms with Gasteiger partial charge in [0.15, 0.2) is 5.56 Å². The zero-order valence-electron chi connectivity index (χ0n) is 14.8. The second-order valence-electron chi connectivity index (χ2n) is 6.35. The van der Waals surface area contributed by atoms with Crippen molar-refractivity contribution in [3.8, 4) is 6.07 Å². The second-order valence-corrected chi connectivity index (χ2v) is 6.35. The lowest BCUT2D eigenvalue weighted by Crippen LogP contribution is -2.42. The Labute approximate surface area is 149 Å². The Morgan fingerprint density at radius 1 is 1.12 bits per heavy atom. The van der Waals surface area contributed by atoms with E-state index in [4.69, 9.17) is 0 Å². The molecule has 1 N–H and O–H groups in total. The molecule has 3 rings (SSSR count). The lowest BCUT2D eigenvalue weighted by molar-refractivity contribution is -0.117. The highest BCUT2D eigenvalue weighted by Gasteiger charge is 2.33. The van der Waals surface area contributed by atoms with Crippen molar-refractivity contribution in [2.45, 2.75) is 19.4 Å². The molecule has 134 valence electrons. The molecule has 1 atom stereocenters. The van der Waals surface area contributed by atoms with Crippen LogP contribution in [-0.2, 0) is 18.9 Å². The highest BCUT2D eigenvalue weighted by molar-refractivity contribution is 6.01. The molecule has 1 aromatic heterocycles. The normalized spacial score (nSPS) is 16.6. The first kappa shape index (κ1) is 17.5. The van der Waals surface area contributed by atoms with E-state index in [9.17, 15) is 19.6 Å². The minimum atomic E-state index is -0.682. The van der Waals surface area contributed by atoms with Gasteiger partial charge in [-0.25, -0.2) is 4.79 Å². The smallest absolute Gasteiger partial charge is 0.332 e. The van der Waals surface area contributed by atoms with E-state index in [2.05, 4.69) is 5.32 Å². The fourth-order valence-electron chi connectivity index (χ4n) is 3.07. The fraction of sp³-hybridized carbons (Fsp3) is 0.333. The Hall–Kier alpha value is -3.34. The molecule has 2 aromatic rings. The van der Waals surface area contributed by atoms with Crippen LogP contribution in [0.2, 0.25) is 0 Å². The van der Waals surface area contributed by atoms with Crippen molar-refractivity contribution in [1.82, 2.24) is 9.13 Å². The zero-order valence-corrected chi connectivity index (χ0v) is 14.8. The third-order valence-corrected chi connectivity index (χ3v) is 4.64. The maximum Gasteiger partial charge on any atom is 0.332 e. The Morgan fingerprint density at radius 3 is 2.38 bits per heavy atom. The molecule has 1 unspecified atom stereocenters. The van der Waals surface area contributed by atoms with Gasteiger partial charge in [-0.2, -0.15) is 5.26 Å². The summed E-state index contributed by atoms with van der Waals surface area (Å²) in [6.07, 6.45) is 0.501. The number of nitriles is 1. The van der Waals surface area contributed by atoms with Crippen molar-refractivity contribution in [3.05, 3.63) is 56.2 Å². The van der Waals surface area contributed by atoms with Gasteiger partial charge in [-0.05, 0) is 25.5 Å². The van der Waals surface area contributed by atoms with Gasteiger partial charge in [-0.15, -0.1) is 0 Å². The number of amides is 1. The lowest BCUT2D eigenvalue weighted by atomic mass is 10.2.